The summed E-state index contributed by atoms with van der Waals surface area (Å²) in [6, 6.07) is 9.51. The average molecular weight is 270 g/mol. The molecule has 0 aliphatic rings. The Bertz CT molecular complexity index is 632. The van der Waals surface area contributed by atoms with Gasteiger partial charge in [-0.15, -0.1) is 0 Å². The number of rotatable bonds is 5. The number of carbonyl (C=O) groups excluding carboxylic acids is 1. The summed E-state index contributed by atoms with van der Waals surface area (Å²) in [6.45, 7) is 3.35. The highest BCUT2D eigenvalue weighted by atomic mass is 16.5. The van der Waals surface area contributed by atoms with E-state index in [1.54, 1.807) is 10.9 Å². The molecular formula is C14H14N4O2. The van der Waals surface area contributed by atoms with Crippen LogP contribution in [-0.4, -0.2) is 35.9 Å². The van der Waals surface area contributed by atoms with Gasteiger partial charge in [0.2, 0.25) is 0 Å². The van der Waals surface area contributed by atoms with Crippen molar-refractivity contribution in [2.75, 3.05) is 7.11 Å². The Morgan fingerprint density at radius 3 is 2.85 bits per heavy atom. The largest absolute Gasteiger partial charge is 0.469 e. The van der Waals surface area contributed by atoms with Gasteiger partial charge < -0.3 is 4.74 Å². The summed E-state index contributed by atoms with van der Waals surface area (Å²) in [5.74, 6) is 0.189. The molecule has 1 aromatic heterocycles. The Morgan fingerprint density at radius 2 is 2.20 bits per heavy atom. The highest BCUT2D eigenvalue weighted by Gasteiger charge is 2.14. The number of methoxy groups -OCH3 is 1. The Labute approximate surface area is 116 Å². The molecule has 2 rings (SSSR count). The maximum Gasteiger partial charge on any atom is 0.310 e. The van der Waals surface area contributed by atoms with Crippen LogP contribution in [0.3, 0.4) is 0 Å². The minimum atomic E-state index is -0.347. The maximum absolute atomic E-state index is 11.4. The van der Waals surface area contributed by atoms with E-state index in [9.17, 15) is 4.79 Å². The number of nitrogens with zero attached hydrogens (tertiary/aromatic N) is 4. The molecule has 0 aliphatic heterocycles. The Kier molecular flexibility index (Phi) is 4.39. The van der Waals surface area contributed by atoms with Gasteiger partial charge >= 0.3 is 5.97 Å². The van der Waals surface area contributed by atoms with E-state index in [1.807, 2.05) is 30.3 Å². The van der Waals surface area contributed by atoms with Gasteiger partial charge in [-0.1, -0.05) is 18.2 Å². The fourth-order valence-electron chi connectivity index (χ4n) is 1.72. The molecule has 0 unspecified atom stereocenters. The second-order valence-electron chi connectivity index (χ2n) is 3.92. The summed E-state index contributed by atoms with van der Waals surface area (Å²) in [5, 5.41) is 4.26. The molecular weight excluding hydrogens is 256 g/mol. The van der Waals surface area contributed by atoms with Gasteiger partial charge in [0.1, 0.15) is 6.34 Å². The summed E-state index contributed by atoms with van der Waals surface area (Å²) in [6.07, 6.45) is 3.02. The molecule has 102 valence electrons. The van der Waals surface area contributed by atoms with Crippen LogP contribution in [0.5, 0.6) is 0 Å². The highest BCUT2D eigenvalue weighted by Crippen LogP contribution is 2.23. The molecule has 6 heteroatoms. The van der Waals surface area contributed by atoms with Crippen molar-refractivity contribution in [3.63, 3.8) is 0 Å². The molecule has 1 aromatic carbocycles. The van der Waals surface area contributed by atoms with E-state index >= 15 is 0 Å². The number of hydrogen-bond donors (Lipinski definition) is 0. The number of aromatic nitrogens is 2. The highest BCUT2D eigenvalue weighted by molar-refractivity contribution is 5.75. The van der Waals surface area contributed by atoms with Crippen molar-refractivity contribution in [2.45, 2.75) is 6.42 Å². The molecule has 0 N–H and O–H groups in total. The van der Waals surface area contributed by atoms with Gasteiger partial charge in [0.15, 0.2) is 5.82 Å². The van der Waals surface area contributed by atoms with Gasteiger partial charge in [-0.05, 0) is 18.9 Å². The lowest BCUT2D eigenvalue weighted by Crippen LogP contribution is -2.04. The Hall–Kier alpha value is -2.76. The molecule has 0 atom stereocenters. The van der Waals surface area contributed by atoms with Crippen LogP contribution < -0.4 is 0 Å². The number of esters is 1. The van der Waals surface area contributed by atoms with E-state index in [1.165, 1.54) is 13.4 Å². The molecule has 0 aliphatic carbocycles. The SMILES string of the molecule is C=N/C=N\c1c(CC(=O)OC)cnn1-c1ccccc1. The molecule has 0 fully saturated rings. The van der Waals surface area contributed by atoms with Gasteiger partial charge in [-0.3, -0.25) is 9.79 Å². The van der Waals surface area contributed by atoms with Gasteiger partial charge in [0.05, 0.1) is 25.4 Å². The number of aliphatic imine (C=N–C) groups is 2. The molecule has 2 aromatic rings. The van der Waals surface area contributed by atoms with Crippen molar-refractivity contribution in [1.82, 2.24) is 9.78 Å². The zero-order valence-electron chi connectivity index (χ0n) is 11.1. The van der Waals surface area contributed by atoms with Gasteiger partial charge in [-0.25, -0.2) is 9.67 Å². The average Bonchev–Trinajstić information content (AvgIpc) is 2.88. The summed E-state index contributed by atoms with van der Waals surface area (Å²) in [7, 11) is 1.35. The van der Waals surface area contributed by atoms with Crippen molar-refractivity contribution in [2.24, 2.45) is 9.98 Å². The minimum Gasteiger partial charge on any atom is -0.469 e. The molecule has 1 heterocycles. The number of hydrogen-bond acceptors (Lipinski definition) is 4. The van der Waals surface area contributed by atoms with Gasteiger partial charge in [0.25, 0.3) is 0 Å². The lowest BCUT2D eigenvalue weighted by atomic mass is 10.2. The van der Waals surface area contributed by atoms with Gasteiger partial charge in [0, 0.05) is 5.56 Å². The van der Waals surface area contributed by atoms with Crippen molar-refractivity contribution in [3.8, 4) is 5.69 Å². The van der Waals surface area contributed by atoms with Crippen LogP contribution in [-0.2, 0) is 16.0 Å². The fourth-order valence-corrected chi connectivity index (χ4v) is 1.72. The molecule has 20 heavy (non-hydrogen) atoms. The first-order valence-electron chi connectivity index (χ1n) is 5.93. The topological polar surface area (TPSA) is 68.8 Å². The summed E-state index contributed by atoms with van der Waals surface area (Å²) >= 11 is 0. The number of carbonyl (C=O) groups is 1. The fraction of sp³-hybridized carbons (Fsp3) is 0.143. The lowest BCUT2D eigenvalue weighted by Gasteiger charge is -2.04. The molecule has 0 spiro atoms. The second kappa shape index (κ2) is 6.42. The Balaban J connectivity index is 2.45. The lowest BCUT2D eigenvalue weighted by molar-refractivity contribution is -0.139. The van der Waals surface area contributed by atoms with E-state index in [0.717, 1.165) is 5.69 Å². The van der Waals surface area contributed by atoms with Crippen molar-refractivity contribution in [1.29, 1.82) is 0 Å². The molecule has 0 saturated carbocycles. The Morgan fingerprint density at radius 1 is 1.45 bits per heavy atom. The van der Waals surface area contributed by atoms with Gasteiger partial charge in [-0.2, -0.15) is 5.10 Å². The van der Waals surface area contributed by atoms with E-state index in [0.29, 0.717) is 11.4 Å². The first-order valence-corrected chi connectivity index (χ1v) is 5.93. The van der Waals surface area contributed by atoms with Crippen molar-refractivity contribution >= 4 is 24.8 Å². The van der Waals surface area contributed by atoms with Crippen LogP contribution in [0.1, 0.15) is 5.56 Å². The van der Waals surface area contributed by atoms with Crippen LogP contribution in [0.2, 0.25) is 0 Å². The molecule has 0 bridgehead atoms. The van der Waals surface area contributed by atoms with E-state index in [2.05, 4.69) is 26.5 Å². The first kappa shape index (κ1) is 13.7. The quantitative estimate of drug-likeness (QED) is 0.473. The van der Waals surface area contributed by atoms with Crippen molar-refractivity contribution in [3.05, 3.63) is 42.1 Å². The number of para-hydroxylation sites is 1. The monoisotopic (exact) mass is 270 g/mol. The third-order valence-corrected chi connectivity index (χ3v) is 2.64. The minimum absolute atomic E-state index is 0.104. The standard InChI is InChI=1S/C14H14N4O2/c1-15-10-16-14-11(8-13(19)20-2)9-17-18(14)12-6-4-3-5-7-12/h3-7,9-10H,1,8H2,2H3/b16-10-. The van der Waals surface area contributed by atoms with Crippen LogP contribution in [0, 0.1) is 0 Å². The second-order valence-corrected chi connectivity index (χ2v) is 3.92. The number of benzene rings is 1. The molecule has 0 saturated heterocycles. The van der Waals surface area contributed by atoms with Crippen molar-refractivity contribution < 1.29 is 9.53 Å². The summed E-state index contributed by atoms with van der Waals surface area (Å²) in [5.41, 5.74) is 1.51. The molecule has 0 radical (unpaired) electrons. The normalized spacial score (nSPS) is 10.7. The number of ether oxygens (including phenoxy) is 1. The van der Waals surface area contributed by atoms with E-state index in [-0.39, 0.29) is 12.4 Å². The predicted octanol–water partition coefficient (Wildman–Crippen LogP) is 1.95. The summed E-state index contributed by atoms with van der Waals surface area (Å²) < 4.78 is 6.30. The van der Waals surface area contributed by atoms with Crippen LogP contribution >= 0.6 is 0 Å². The molecule has 6 nitrogen and oxygen atoms in total. The first-order chi connectivity index (χ1) is 9.76. The third-order valence-electron chi connectivity index (χ3n) is 2.64. The molecule has 0 amide bonds. The zero-order chi connectivity index (χ0) is 14.4. The van der Waals surface area contributed by atoms with Crippen LogP contribution in [0.15, 0.2) is 46.5 Å². The zero-order valence-corrected chi connectivity index (χ0v) is 11.1. The third kappa shape index (κ3) is 2.97. The van der Waals surface area contributed by atoms with Crippen LogP contribution in [0.25, 0.3) is 5.69 Å². The maximum atomic E-state index is 11.4. The summed E-state index contributed by atoms with van der Waals surface area (Å²) in [4.78, 5) is 19.2. The smallest absolute Gasteiger partial charge is 0.310 e. The van der Waals surface area contributed by atoms with Crippen LogP contribution in [0.4, 0.5) is 5.82 Å². The van der Waals surface area contributed by atoms with E-state index < -0.39 is 0 Å². The predicted molar refractivity (Wildman–Crippen MR) is 77.0 cm³/mol. The van der Waals surface area contributed by atoms with E-state index in [4.69, 9.17) is 0 Å².